The van der Waals surface area contributed by atoms with Gasteiger partial charge in [0.1, 0.15) is 5.58 Å². The molecule has 0 radical (unpaired) electrons. The lowest BCUT2D eigenvalue weighted by Crippen LogP contribution is -2.13. The van der Waals surface area contributed by atoms with Gasteiger partial charge in [-0.15, -0.1) is 0 Å². The molecule has 0 saturated carbocycles. The number of nitrogens with zero attached hydrogens (tertiary/aromatic N) is 2. The van der Waals surface area contributed by atoms with Crippen molar-refractivity contribution in [2.75, 3.05) is 9.80 Å². The summed E-state index contributed by atoms with van der Waals surface area (Å²) in [5.74, 6) is 0. The fourth-order valence-corrected chi connectivity index (χ4v) is 8.68. The van der Waals surface area contributed by atoms with Gasteiger partial charge in [0.25, 0.3) is 0 Å². The zero-order chi connectivity index (χ0) is 40.5. The second-order valence-electron chi connectivity index (χ2n) is 15.4. The molecule has 0 aliphatic heterocycles. The van der Waals surface area contributed by atoms with Gasteiger partial charge in [-0.2, -0.15) is 0 Å². The van der Waals surface area contributed by atoms with Crippen LogP contribution in [0, 0.1) is 0 Å². The lowest BCUT2D eigenvalue weighted by Gasteiger charge is -2.30. The fourth-order valence-electron chi connectivity index (χ4n) is 8.68. The van der Waals surface area contributed by atoms with Gasteiger partial charge in [0.15, 0.2) is 5.58 Å². The minimum atomic E-state index is 0.825. The summed E-state index contributed by atoms with van der Waals surface area (Å²) in [5.41, 5.74) is 14.9. The number of furan rings is 1. The molecule has 0 amide bonds. The summed E-state index contributed by atoms with van der Waals surface area (Å²) in [6.45, 7) is 0. The molecule has 3 nitrogen and oxygen atoms in total. The highest BCUT2D eigenvalue weighted by Crippen LogP contribution is 2.48. The molecular formula is C58H40N2O. The summed E-state index contributed by atoms with van der Waals surface area (Å²) in [4.78, 5) is 4.69. The first kappa shape index (κ1) is 36.0. The van der Waals surface area contributed by atoms with E-state index in [4.69, 9.17) is 4.42 Å². The first-order valence-electron chi connectivity index (χ1n) is 20.7. The van der Waals surface area contributed by atoms with Crippen LogP contribution in [0.4, 0.5) is 34.1 Å². The smallest absolute Gasteiger partial charge is 0.159 e. The molecule has 0 saturated heterocycles. The van der Waals surface area contributed by atoms with Crippen molar-refractivity contribution in [1.29, 1.82) is 0 Å². The van der Waals surface area contributed by atoms with E-state index in [0.29, 0.717) is 0 Å². The van der Waals surface area contributed by atoms with E-state index in [1.807, 2.05) is 0 Å². The largest absolute Gasteiger partial charge is 0.454 e. The molecule has 288 valence electrons. The Kier molecular flexibility index (Phi) is 9.18. The van der Waals surface area contributed by atoms with Gasteiger partial charge >= 0.3 is 0 Å². The van der Waals surface area contributed by atoms with Gasteiger partial charge in [0, 0.05) is 39.2 Å². The molecule has 0 atom stereocenters. The van der Waals surface area contributed by atoms with Crippen molar-refractivity contribution < 1.29 is 4.42 Å². The summed E-state index contributed by atoms with van der Waals surface area (Å²) in [6, 6.07) is 86.4. The van der Waals surface area contributed by atoms with Crippen molar-refractivity contribution in [2.45, 2.75) is 0 Å². The van der Waals surface area contributed by atoms with Crippen LogP contribution in [-0.4, -0.2) is 0 Å². The Morgan fingerprint density at radius 2 is 0.705 bits per heavy atom. The number of para-hydroxylation sites is 2. The van der Waals surface area contributed by atoms with E-state index < -0.39 is 0 Å². The zero-order valence-electron chi connectivity index (χ0n) is 33.4. The van der Waals surface area contributed by atoms with Gasteiger partial charge in [-0.1, -0.05) is 170 Å². The zero-order valence-corrected chi connectivity index (χ0v) is 33.4. The molecule has 0 fully saturated rings. The third kappa shape index (κ3) is 6.78. The van der Waals surface area contributed by atoms with E-state index in [1.165, 1.54) is 27.6 Å². The molecule has 0 unspecified atom stereocenters. The van der Waals surface area contributed by atoms with Gasteiger partial charge in [0.05, 0.1) is 5.69 Å². The van der Waals surface area contributed by atoms with Crippen molar-refractivity contribution in [1.82, 2.24) is 0 Å². The van der Waals surface area contributed by atoms with E-state index in [1.54, 1.807) is 0 Å². The molecule has 0 bridgehead atoms. The van der Waals surface area contributed by atoms with Crippen LogP contribution in [-0.2, 0) is 0 Å². The Morgan fingerprint density at radius 3 is 1.31 bits per heavy atom. The third-order valence-electron chi connectivity index (χ3n) is 11.6. The number of benzene rings is 10. The number of hydrogen-bond acceptors (Lipinski definition) is 3. The Bertz CT molecular complexity index is 3270. The molecule has 0 aliphatic carbocycles. The first-order chi connectivity index (χ1) is 30.2. The average Bonchev–Trinajstić information content (AvgIpc) is 3.70. The molecule has 1 heterocycles. The van der Waals surface area contributed by atoms with Crippen LogP contribution in [0.3, 0.4) is 0 Å². The molecule has 1 aromatic heterocycles. The van der Waals surface area contributed by atoms with Gasteiger partial charge in [-0.25, -0.2) is 0 Å². The highest BCUT2D eigenvalue weighted by molar-refractivity contribution is 6.15. The Balaban J connectivity index is 1.13. The van der Waals surface area contributed by atoms with Crippen LogP contribution in [0.5, 0.6) is 0 Å². The summed E-state index contributed by atoms with van der Waals surface area (Å²) >= 11 is 0. The first-order valence-corrected chi connectivity index (χ1v) is 20.7. The van der Waals surface area contributed by atoms with E-state index in [0.717, 1.165) is 72.6 Å². The normalized spacial score (nSPS) is 11.3. The second-order valence-corrected chi connectivity index (χ2v) is 15.4. The lowest BCUT2D eigenvalue weighted by atomic mass is 9.94. The second kappa shape index (κ2) is 15.6. The van der Waals surface area contributed by atoms with Crippen LogP contribution < -0.4 is 9.80 Å². The molecule has 11 rings (SSSR count). The topological polar surface area (TPSA) is 19.6 Å². The highest BCUT2D eigenvalue weighted by atomic mass is 16.3. The molecule has 61 heavy (non-hydrogen) atoms. The Hall–Kier alpha value is -8.14. The van der Waals surface area contributed by atoms with E-state index in [-0.39, 0.29) is 0 Å². The minimum Gasteiger partial charge on any atom is -0.454 e. The van der Waals surface area contributed by atoms with Crippen LogP contribution in [0.25, 0.3) is 66.1 Å². The van der Waals surface area contributed by atoms with Crippen LogP contribution in [0.1, 0.15) is 0 Å². The Morgan fingerprint density at radius 1 is 0.279 bits per heavy atom. The summed E-state index contributed by atoms with van der Waals surface area (Å²) < 4.78 is 7.01. The fraction of sp³-hybridized carbons (Fsp3) is 0. The number of anilines is 6. The summed E-state index contributed by atoms with van der Waals surface area (Å²) in [5, 5.41) is 4.44. The minimum absolute atomic E-state index is 0.825. The predicted octanol–water partition coefficient (Wildman–Crippen LogP) is 16.7. The van der Waals surface area contributed by atoms with Crippen molar-refractivity contribution in [3.8, 4) is 33.4 Å². The van der Waals surface area contributed by atoms with Gasteiger partial charge in [0.2, 0.25) is 0 Å². The maximum atomic E-state index is 7.01. The van der Waals surface area contributed by atoms with Crippen molar-refractivity contribution in [3.63, 3.8) is 0 Å². The summed E-state index contributed by atoms with van der Waals surface area (Å²) in [6.07, 6.45) is 0. The van der Waals surface area contributed by atoms with Crippen molar-refractivity contribution in [3.05, 3.63) is 243 Å². The third-order valence-corrected chi connectivity index (χ3v) is 11.6. The van der Waals surface area contributed by atoms with Crippen molar-refractivity contribution >= 4 is 66.8 Å². The predicted molar refractivity (Wildman–Crippen MR) is 257 cm³/mol. The summed E-state index contributed by atoms with van der Waals surface area (Å²) in [7, 11) is 0. The van der Waals surface area contributed by atoms with E-state index >= 15 is 0 Å². The molecule has 10 aromatic carbocycles. The number of rotatable bonds is 9. The van der Waals surface area contributed by atoms with Crippen LogP contribution >= 0.6 is 0 Å². The Labute approximate surface area is 355 Å². The standard InChI is InChI=1S/C58H40N2O/c1-5-17-41(18-6-1)42-29-33-50(34-30-42)60(48-25-11-4-12-26-48)56-40-51(39-55-54-37-45-21-13-14-22-46(45)38-57(54)61-58(55)56)59(47-23-9-3-10-24-47)49-35-31-44(32-36-49)53-28-16-15-27-52(53)43-19-7-2-8-20-43/h1-40H. The monoisotopic (exact) mass is 780 g/mol. The molecule has 0 N–H and O–H groups in total. The molecule has 11 aromatic rings. The highest BCUT2D eigenvalue weighted by Gasteiger charge is 2.24. The quantitative estimate of drug-likeness (QED) is 0.145. The van der Waals surface area contributed by atoms with Crippen LogP contribution in [0.2, 0.25) is 0 Å². The maximum Gasteiger partial charge on any atom is 0.159 e. The van der Waals surface area contributed by atoms with Gasteiger partial charge in [-0.05, 0) is 117 Å². The van der Waals surface area contributed by atoms with E-state index in [2.05, 4.69) is 252 Å². The SMILES string of the molecule is c1ccc(-c2ccc(N(c3ccccc3)c3cc(N(c4ccccc4)c4ccc(-c5ccccc5-c5ccccc5)cc4)cc4c3oc3cc5ccccc5cc34)cc2)cc1. The van der Waals surface area contributed by atoms with Gasteiger partial charge < -0.3 is 14.2 Å². The van der Waals surface area contributed by atoms with Crippen LogP contribution in [0.15, 0.2) is 247 Å². The molecule has 3 heteroatoms. The molecular weight excluding hydrogens is 741 g/mol. The van der Waals surface area contributed by atoms with E-state index in [9.17, 15) is 0 Å². The van der Waals surface area contributed by atoms with Crippen molar-refractivity contribution in [2.24, 2.45) is 0 Å². The lowest BCUT2D eigenvalue weighted by molar-refractivity contribution is 0.669. The maximum absolute atomic E-state index is 7.01. The number of fused-ring (bicyclic) bond motifs is 4. The molecule has 0 spiro atoms. The number of hydrogen-bond donors (Lipinski definition) is 0. The average molecular weight is 781 g/mol. The van der Waals surface area contributed by atoms with Gasteiger partial charge in [-0.3, -0.25) is 0 Å². The molecule has 0 aliphatic rings.